The minimum absolute atomic E-state index is 0.104. The summed E-state index contributed by atoms with van der Waals surface area (Å²) in [7, 11) is 0. The van der Waals surface area contributed by atoms with Gasteiger partial charge in [-0.25, -0.2) is 31.1 Å². The van der Waals surface area contributed by atoms with Crippen LogP contribution >= 0.6 is 0 Å². The largest absolute Gasteiger partial charge is 0.478 e. The van der Waals surface area contributed by atoms with Crippen LogP contribution in [-0.2, 0) is 0 Å². The molecule has 0 amide bonds. The smallest absolute Gasteiger partial charge is 0.336 e. The van der Waals surface area contributed by atoms with E-state index in [1.165, 1.54) is 6.92 Å². The van der Waals surface area contributed by atoms with Gasteiger partial charge in [-0.15, -0.1) is 0 Å². The number of hydrogen-bond acceptors (Lipinski definition) is 1. The quantitative estimate of drug-likeness (QED) is 0.512. The second-order valence-electron chi connectivity index (χ2n) is 4.36. The molecule has 8 heteroatoms. The second kappa shape index (κ2) is 5.36. The predicted octanol–water partition coefficient (Wildman–Crippen LogP) is 4.19. The average Bonchev–Trinajstić information content (AvgIpc) is 2.46. The van der Waals surface area contributed by atoms with Gasteiger partial charge in [0.1, 0.15) is 5.82 Å². The maximum atomic E-state index is 13.9. The molecule has 2 aromatic carbocycles. The Bertz CT molecular complexity index is 772. The number of aromatic carboxylic acids is 1. The van der Waals surface area contributed by atoms with Gasteiger partial charge in [-0.05, 0) is 18.6 Å². The van der Waals surface area contributed by atoms with Crippen molar-refractivity contribution in [2.45, 2.75) is 6.92 Å². The Balaban J connectivity index is 3.02. The van der Waals surface area contributed by atoms with E-state index in [9.17, 15) is 31.1 Å². The van der Waals surface area contributed by atoms with Gasteiger partial charge < -0.3 is 5.11 Å². The third kappa shape index (κ3) is 2.20. The Hall–Kier alpha value is -2.51. The van der Waals surface area contributed by atoms with Crippen LogP contribution in [0.25, 0.3) is 11.1 Å². The number of carbonyl (C=O) groups is 1. The van der Waals surface area contributed by atoms with Crippen LogP contribution in [0.15, 0.2) is 12.1 Å². The third-order valence-electron chi connectivity index (χ3n) is 3.04. The maximum Gasteiger partial charge on any atom is 0.336 e. The maximum absolute atomic E-state index is 13.9. The first-order valence-corrected chi connectivity index (χ1v) is 5.72. The molecule has 22 heavy (non-hydrogen) atoms. The molecule has 116 valence electrons. The highest BCUT2D eigenvalue weighted by atomic mass is 19.2. The lowest BCUT2D eigenvalue weighted by molar-refractivity contribution is 0.0696. The normalized spacial score (nSPS) is 10.9. The molecule has 0 heterocycles. The summed E-state index contributed by atoms with van der Waals surface area (Å²) < 4.78 is 80.9. The van der Waals surface area contributed by atoms with Gasteiger partial charge >= 0.3 is 5.97 Å². The van der Waals surface area contributed by atoms with E-state index >= 15 is 0 Å². The third-order valence-corrected chi connectivity index (χ3v) is 3.04. The van der Waals surface area contributed by atoms with Crippen molar-refractivity contribution in [3.05, 3.63) is 58.2 Å². The van der Waals surface area contributed by atoms with Gasteiger partial charge in [0.05, 0.1) is 11.1 Å². The molecule has 0 saturated carbocycles. The Kier molecular flexibility index (Phi) is 3.87. The number of rotatable bonds is 2. The monoisotopic (exact) mass is 320 g/mol. The lowest BCUT2D eigenvalue weighted by Crippen LogP contribution is -2.10. The summed E-state index contributed by atoms with van der Waals surface area (Å²) in [5.41, 5.74) is -3.80. The Morgan fingerprint density at radius 1 is 0.818 bits per heavy atom. The van der Waals surface area contributed by atoms with E-state index in [4.69, 9.17) is 5.11 Å². The number of aryl methyl sites for hydroxylation is 1. The average molecular weight is 320 g/mol. The van der Waals surface area contributed by atoms with Crippen LogP contribution in [0.4, 0.5) is 26.3 Å². The Morgan fingerprint density at radius 3 is 1.73 bits per heavy atom. The highest BCUT2D eigenvalue weighted by Gasteiger charge is 2.31. The summed E-state index contributed by atoms with van der Waals surface area (Å²) in [4.78, 5) is 11.2. The fraction of sp³-hybridized carbons (Fsp3) is 0.0714. The molecule has 0 aromatic heterocycles. The number of carboxylic acid groups (broad SMARTS) is 1. The molecule has 0 unspecified atom stereocenters. The molecule has 1 N–H and O–H groups in total. The second-order valence-corrected chi connectivity index (χ2v) is 4.36. The summed E-state index contributed by atoms with van der Waals surface area (Å²) >= 11 is 0. The van der Waals surface area contributed by atoms with E-state index < -0.39 is 57.6 Å². The SMILES string of the molecule is Cc1ccc(F)c(-c2c(F)c(F)c(F)c(F)c2F)c1C(=O)O. The number of benzene rings is 2. The molecular weight excluding hydrogens is 314 g/mol. The number of halogens is 6. The van der Waals surface area contributed by atoms with Gasteiger partial charge in [0, 0.05) is 5.56 Å². The molecule has 2 aromatic rings. The minimum atomic E-state index is -2.41. The lowest BCUT2D eigenvalue weighted by Gasteiger charge is -2.13. The summed E-state index contributed by atoms with van der Waals surface area (Å²) in [5.74, 6) is -14.8. The standard InChI is InChI=1S/C14H6F6O2/c1-4-2-3-5(15)7(6(4)14(21)22)8-9(16)11(18)13(20)12(19)10(8)17/h2-3H,1H3,(H,21,22). The zero-order valence-electron chi connectivity index (χ0n) is 10.8. The van der Waals surface area contributed by atoms with Crippen LogP contribution in [-0.4, -0.2) is 11.1 Å². The van der Waals surface area contributed by atoms with Gasteiger partial charge in [0.15, 0.2) is 23.3 Å². The molecule has 0 aliphatic heterocycles. The van der Waals surface area contributed by atoms with Crippen LogP contribution in [0, 0.1) is 41.8 Å². The van der Waals surface area contributed by atoms with Crippen LogP contribution in [0.5, 0.6) is 0 Å². The van der Waals surface area contributed by atoms with E-state index in [1.807, 2.05) is 0 Å². The van der Waals surface area contributed by atoms with Crippen LogP contribution in [0.1, 0.15) is 15.9 Å². The van der Waals surface area contributed by atoms with Crippen molar-refractivity contribution < 1.29 is 36.2 Å². The zero-order valence-corrected chi connectivity index (χ0v) is 10.8. The molecule has 0 spiro atoms. The molecule has 0 aliphatic carbocycles. The minimum Gasteiger partial charge on any atom is -0.478 e. The van der Waals surface area contributed by atoms with Crippen molar-refractivity contribution >= 4 is 5.97 Å². The van der Waals surface area contributed by atoms with Crippen molar-refractivity contribution in [1.29, 1.82) is 0 Å². The van der Waals surface area contributed by atoms with Crippen LogP contribution in [0.2, 0.25) is 0 Å². The van der Waals surface area contributed by atoms with Gasteiger partial charge in [-0.1, -0.05) is 6.07 Å². The molecule has 0 fully saturated rings. The van der Waals surface area contributed by atoms with E-state index in [-0.39, 0.29) is 5.56 Å². The van der Waals surface area contributed by atoms with Gasteiger partial charge in [-0.2, -0.15) is 0 Å². The topological polar surface area (TPSA) is 37.3 Å². The van der Waals surface area contributed by atoms with Gasteiger partial charge in [-0.3, -0.25) is 0 Å². The van der Waals surface area contributed by atoms with Crippen molar-refractivity contribution in [2.75, 3.05) is 0 Å². The van der Waals surface area contributed by atoms with Crippen LogP contribution < -0.4 is 0 Å². The van der Waals surface area contributed by atoms with E-state index in [0.717, 1.165) is 6.07 Å². The van der Waals surface area contributed by atoms with Gasteiger partial charge in [0.25, 0.3) is 0 Å². The van der Waals surface area contributed by atoms with Gasteiger partial charge in [0.2, 0.25) is 5.82 Å². The first kappa shape index (κ1) is 15.9. The van der Waals surface area contributed by atoms with E-state index in [0.29, 0.717) is 6.07 Å². The van der Waals surface area contributed by atoms with Crippen molar-refractivity contribution in [1.82, 2.24) is 0 Å². The number of hydrogen-bond donors (Lipinski definition) is 1. The first-order chi connectivity index (χ1) is 10.2. The Labute approximate surface area is 119 Å². The highest BCUT2D eigenvalue weighted by Crippen LogP contribution is 2.36. The van der Waals surface area contributed by atoms with Crippen LogP contribution in [0.3, 0.4) is 0 Å². The molecule has 0 saturated heterocycles. The summed E-state index contributed by atoms with van der Waals surface area (Å²) in [6.07, 6.45) is 0. The molecule has 0 atom stereocenters. The lowest BCUT2D eigenvalue weighted by atomic mass is 9.94. The summed E-state index contributed by atoms with van der Waals surface area (Å²) in [5, 5.41) is 9.03. The predicted molar refractivity (Wildman–Crippen MR) is 63.3 cm³/mol. The highest BCUT2D eigenvalue weighted by molar-refractivity contribution is 5.98. The summed E-state index contributed by atoms with van der Waals surface area (Å²) in [6.45, 7) is 1.19. The van der Waals surface area contributed by atoms with E-state index in [2.05, 4.69) is 0 Å². The molecule has 0 radical (unpaired) electrons. The van der Waals surface area contributed by atoms with Crippen molar-refractivity contribution in [2.24, 2.45) is 0 Å². The first-order valence-electron chi connectivity index (χ1n) is 5.72. The fourth-order valence-electron chi connectivity index (χ4n) is 2.03. The number of carboxylic acids is 1. The zero-order chi connectivity index (χ0) is 16.8. The molecule has 2 rings (SSSR count). The Morgan fingerprint density at radius 2 is 1.27 bits per heavy atom. The fourth-order valence-corrected chi connectivity index (χ4v) is 2.03. The molecule has 0 bridgehead atoms. The van der Waals surface area contributed by atoms with Crippen molar-refractivity contribution in [3.8, 4) is 11.1 Å². The van der Waals surface area contributed by atoms with E-state index in [1.54, 1.807) is 0 Å². The molecular formula is C14H6F6O2. The van der Waals surface area contributed by atoms with Crippen molar-refractivity contribution in [3.63, 3.8) is 0 Å². The molecule has 2 nitrogen and oxygen atoms in total. The molecule has 0 aliphatic rings. The summed E-state index contributed by atoms with van der Waals surface area (Å²) in [6, 6.07) is 1.68.